The molecule has 0 bridgehead atoms. The molecule has 0 aliphatic heterocycles. The van der Waals surface area contributed by atoms with E-state index >= 15 is 0 Å². The standard InChI is InChI=1S/C19H27Cl/c1-3-4-5-6-7-8-9-10-11-12-13-18-16-19(20)15-14-17(18)2/h14-16H,3-11H2,1-2H3. The highest BCUT2D eigenvalue weighted by Crippen LogP contribution is 2.14. The highest BCUT2D eigenvalue weighted by molar-refractivity contribution is 6.30. The second-order valence-electron chi connectivity index (χ2n) is 5.49. The van der Waals surface area contributed by atoms with Gasteiger partial charge in [0.2, 0.25) is 0 Å². The molecule has 20 heavy (non-hydrogen) atoms. The molecular formula is C19H27Cl. The quantitative estimate of drug-likeness (QED) is 0.377. The monoisotopic (exact) mass is 290 g/mol. The summed E-state index contributed by atoms with van der Waals surface area (Å²) in [6.45, 7) is 4.34. The molecular weight excluding hydrogens is 264 g/mol. The average molecular weight is 291 g/mol. The second kappa shape index (κ2) is 10.8. The van der Waals surface area contributed by atoms with Gasteiger partial charge in [-0.05, 0) is 31.0 Å². The van der Waals surface area contributed by atoms with E-state index in [2.05, 4.69) is 25.7 Å². The zero-order valence-corrected chi connectivity index (χ0v) is 13.7. The summed E-state index contributed by atoms with van der Waals surface area (Å²) in [6, 6.07) is 5.90. The van der Waals surface area contributed by atoms with Gasteiger partial charge in [0.1, 0.15) is 0 Å². The summed E-state index contributed by atoms with van der Waals surface area (Å²) in [7, 11) is 0. The molecule has 0 unspecified atom stereocenters. The third-order valence-electron chi connectivity index (χ3n) is 3.58. The molecule has 0 atom stereocenters. The molecule has 0 amide bonds. The van der Waals surface area contributed by atoms with Crippen LogP contribution in [0.25, 0.3) is 0 Å². The molecule has 1 heteroatoms. The van der Waals surface area contributed by atoms with Crippen molar-refractivity contribution in [1.82, 2.24) is 0 Å². The Kier molecular flexibility index (Phi) is 9.25. The first-order chi connectivity index (χ1) is 9.74. The van der Waals surface area contributed by atoms with Gasteiger partial charge in [0.25, 0.3) is 0 Å². The van der Waals surface area contributed by atoms with Gasteiger partial charge in [-0.25, -0.2) is 0 Å². The number of hydrogen-bond acceptors (Lipinski definition) is 0. The van der Waals surface area contributed by atoms with Crippen LogP contribution >= 0.6 is 11.6 Å². The minimum Gasteiger partial charge on any atom is -0.0979 e. The van der Waals surface area contributed by atoms with Crippen LogP contribution in [0.3, 0.4) is 0 Å². The van der Waals surface area contributed by atoms with Crippen molar-refractivity contribution in [3.05, 3.63) is 34.3 Å². The first-order valence-electron chi connectivity index (χ1n) is 7.99. The highest BCUT2D eigenvalue weighted by atomic mass is 35.5. The van der Waals surface area contributed by atoms with Crippen LogP contribution in [0.2, 0.25) is 5.02 Å². The van der Waals surface area contributed by atoms with Crippen LogP contribution in [0.5, 0.6) is 0 Å². The number of aryl methyl sites for hydroxylation is 1. The van der Waals surface area contributed by atoms with Crippen molar-refractivity contribution in [2.45, 2.75) is 71.6 Å². The zero-order valence-electron chi connectivity index (χ0n) is 13.0. The van der Waals surface area contributed by atoms with Crippen molar-refractivity contribution in [2.24, 2.45) is 0 Å². The van der Waals surface area contributed by atoms with Crippen molar-refractivity contribution in [1.29, 1.82) is 0 Å². The lowest BCUT2D eigenvalue weighted by molar-refractivity contribution is 0.579. The third-order valence-corrected chi connectivity index (χ3v) is 3.81. The molecule has 0 saturated carbocycles. The van der Waals surface area contributed by atoms with E-state index in [0.717, 1.165) is 17.0 Å². The van der Waals surface area contributed by atoms with Gasteiger partial charge < -0.3 is 0 Å². The fourth-order valence-corrected chi connectivity index (χ4v) is 2.41. The molecule has 0 aliphatic carbocycles. The molecule has 0 N–H and O–H groups in total. The number of hydrogen-bond donors (Lipinski definition) is 0. The van der Waals surface area contributed by atoms with Crippen molar-refractivity contribution in [2.75, 3.05) is 0 Å². The molecule has 0 radical (unpaired) electrons. The fourth-order valence-electron chi connectivity index (χ4n) is 2.23. The van der Waals surface area contributed by atoms with Crippen LogP contribution in [0.1, 0.15) is 75.8 Å². The van der Waals surface area contributed by atoms with Gasteiger partial charge in [-0.1, -0.05) is 81.4 Å². The Morgan fingerprint density at radius 1 is 0.950 bits per heavy atom. The molecule has 0 fully saturated rings. The summed E-state index contributed by atoms with van der Waals surface area (Å²) in [5, 5.41) is 0.770. The minimum atomic E-state index is 0.770. The lowest BCUT2D eigenvalue weighted by Gasteiger charge is -1.99. The molecule has 1 aromatic rings. The van der Waals surface area contributed by atoms with Crippen molar-refractivity contribution in [3.63, 3.8) is 0 Å². The Hall–Kier alpha value is -0.930. The summed E-state index contributed by atoms with van der Waals surface area (Å²) < 4.78 is 0. The summed E-state index contributed by atoms with van der Waals surface area (Å²) >= 11 is 5.98. The summed E-state index contributed by atoms with van der Waals surface area (Å²) in [5.74, 6) is 6.51. The van der Waals surface area contributed by atoms with E-state index in [4.69, 9.17) is 11.6 Å². The molecule has 0 heterocycles. The molecule has 0 nitrogen and oxygen atoms in total. The van der Waals surface area contributed by atoms with Gasteiger partial charge >= 0.3 is 0 Å². The van der Waals surface area contributed by atoms with Crippen LogP contribution in [0.15, 0.2) is 18.2 Å². The smallest absolute Gasteiger partial charge is 0.0418 e. The Morgan fingerprint density at radius 2 is 1.60 bits per heavy atom. The molecule has 0 aromatic heterocycles. The van der Waals surface area contributed by atoms with E-state index in [1.807, 2.05) is 18.2 Å². The maximum Gasteiger partial charge on any atom is 0.0418 e. The van der Waals surface area contributed by atoms with E-state index < -0.39 is 0 Å². The normalized spacial score (nSPS) is 10.2. The van der Waals surface area contributed by atoms with E-state index in [1.165, 1.54) is 56.9 Å². The molecule has 1 aromatic carbocycles. The van der Waals surface area contributed by atoms with Crippen LogP contribution in [0.4, 0.5) is 0 Å². The van der Waals surface area contributed by atoms with Crippen molar-refractivity contribution >= 4 is 11.6 Å². The number of rotatable bonds is 8. The molecule has 1 rings (SSSR count). The average Bonchev–Trinajstić information content (AvgIpc) is 2.44. The summed E-state index contributed by atoms with van der Waals surface area (Å²) in [5.41, 5.74) is 2.27. The van der Waals surface area contributed by atoms with Crippen molar-refractivity contribution in [3.8, 4) is 11.8 Å². The van der Waals surface area contributed by atoms with Gasteiger partial charge in [0.15, 0.2) is 0 Å². The second-order valence-corrected chi connectivity index (χ2v) is 5.92. The Labute approximate surface area is 129 Å². The Balaban J connectivity index is 2.12. The van der Waals surface area contributed by atoms with Crippen LogP contribution in [-0.4, -0.2) is 0 Å². The van der Waals surface area contributed by atoms with E-state index in [1.54, 1.807) is 0 Å². The Morgan fingerprint density at radius 3 is 2.30 bits per heavy atom. The predicted molar refractivity (Wildman–Crippen MR) is 90.3 cm³/mol. The van der Waals surface area contributed by atoms with E-state index in [0.29, 0.717) is 0 Å². The molecule has 0 saturated heterocycles. The van der Waals surface area contributed by atoms with Crippen LogP contribution in [-0.2, 0) is 0 Å². The SMILES string of the molecule is CCCCCCCCCCC#Cc1cc(Cl)ccc1C. The maximum absolute atomic E-state index is 5.98. The van der Waals surface area contributed by atoms with E-state index in [9.17, 15) is 0 Å². The Bertz CT molecular complexity index is 437. The first kappa shape index (κ1) is 17.1. The van der Waals surface area contributed by atoms with Gasteiger partial charge in [0.05, 0.1) is 0 Å². The maximum atomic E-state index is 5.98. The minimum absolute atomic E-state index is 0.770. The third kappa shape index (κ3) is 7.61. The summed E-state index contributed by atoms with van der Waals surface area (Å²) in [6.07, 6.45) is 11.8. The van der Waals surface area contributed by atoms with Crippen molar-refractivity contribution < 1.29 is 0 Å². The number of halogens is 1. The highest BCUT2D eigenvalue weighted by Gasteiger charge is 1.95. The largest absolute Gasteiger partial charge is 0.0979 e. The molecule has 0 aliphatic rings. The van der Waals surface area contributed by atoms with Crippen LogP contribution in [0, 0.1) is 18.8 Å². The number of unbranched alkanes of at least 4 members (excludes halogenated alkanes) is 8. The fraction of sp³-hybridized carbons (Fsp3) is 0.579. The lowest BCUT2D eigenvalue weighted by atomic mass is 10.1. The lowest BCUT2D eigenvalue weighted by Crippen LogP contribution is -1.82. The zero-order chi connectivity index (χ0) is 14.6. The van der Waals surface area contributed by atoms with E-state index in [-0.39, 0.29) is 0 Å². The first-order valence-corrected chi connectivity index (χ1v) is 8.37. The topological polar surface area (TPSA) is 0 Å². The van der Waals surface area contributed by atoms with Gasteiger partial charge in [-0.3, -0.25) is 0 Å². The molecule has 110 valence electrons. The molecule has 0 spiro atoms. The summed E-state index contributed by atoms with van der Waals surface area (Å²) in [4.78, 5) is 0. The van der Waals surface area contributed by atoms with Gasteiger partial charge in [-0.15, -0.1) is 0 Å². The van der Waals surface area contributed by atoms with Gasteiger partial charge in [0, 0.05) is 17.0 Å². The van der Waals surface area contributed by atoms with Crippen LogP contribution < -0.4 is 0 Å². The number of benzene rings is 1. The van der Waals surface area contributed by atoms with Gasteiger partial charge in [-0.2, -0.15) is 0 Å². The predicted octanol–water partition coefficient (Wildman–Crippen LogP) is 6.53.